The fraction of sp³-hybridized carbons (Fsp3) is 0.900. The van der Waals surface area contributed by atoms with Crippen LogP contribution in [-0.4, -0.2) is 24.2 Å². The molecule has 1 aliphatic carbocycles. The zero-order valence-corrected chi connectivity index (χ0v) is 8.25. The van der Waals surface area contributed by atoms with Crippen molar-refractivity contribution in [3.63, 3.8) is 0 Å². The van der Waals surface area contributed by atoms with E-state index < -0.39 is 0 Å². The highest BCUT2D eigenvalue weighted by Gasteiger charge is 2.29. The molecule has 1 amide bonds. The molecule has 0 bridgehead atoms. The molecule has 0 aromatic heterocycles. The van der Waals surface area contributed by atoms with Gasteiger partial charge in [-0.3, -0.25) is 4.79 Å². The Morgan fingerprint density at radius 3 is 2.77 bits per heavy atom. The molecule has 3 nitrogen and oxygen atoms in total. The van der Waals surface area contributed by atoms with E-state index in [9.17, 15) is 4.79 Å². The van der Waals surface area contributed by atoms with Crippen molar-refractivity contribution >= 4 is 5.91 Å². The second-order valence-corrected chi connectivity index (χ2v) is 3.73. The Labute approximate surface area is 79.5 Å². The fourth-order valence-corrected chi connectivity index (χ4v) is 2.08. The summed E-state index contributed by atoms with van der Waals surface area (Å²) in [7, 11) is 0. The van der Waals surface area contributed by atoms with E-state index in [1.165, 1.54) is 0 Å². The molecule has 0 saturated heterocycles. The lowest BCUT2D eigenvalue weighted by molar-refractivity contribution is -0.128. The van der Waals surface area contributed by atoms with E-state index in [0.717, 1.165) is 25.7 Å². The summed E-state index contributed by atoms with van der Waals surface area (Å²) in [6.45, 7) is 2.77. The topological polar surface area (TPSA) is 49.3 Å². The van der Waals surface area contributed by atoms with E-state index in [2.05, 4.69) is 5.32 Å². The molecule has 0 aromatic carbocycles. The molecule has 0 aromatic rings. The van der Waals surface area contributed by atoms with Crippen LogP contribution in [0, 0.1) is 11.8 Å². The van der Waals surface area contributed by atoms with Gasteiger partial charge in [0.2, 0.25) is 5.91 Å². The van der Waals surface area contributed by atoms with Crippen LogP contribution in [0.5, 0.6) is 0 Å². The highest BCUT2D eigenvalue weighted by atomic mass is 16.3. The van der Waals surface area contributed by atoms with Crippen molar-refractivity contribution in [2.24, 2.45) is 11.8 Å². The summed E-state index contributed by atoms with van der Waals surface area (Å²) < 4.78 is 0. The first-order valence-electron chi connectivity index (χ1n) is 5.18. The number of carbonyl (C=O) groups is 1. The fourth-order valence-electron chi connectivity index (χ4n) is 2.08. The lowest BCUT2D eigenvalue weighted by Crippen LogP contribution is -2.37. The minimum atomic E-state index is 0.0544. The Balaban J connectivity index is 2.48. The second-order valence-electron chi connectivity index (χ2n) is 3.73. The van der Waals surface area contributed by atoms with Gasteiger partial charge < -0.3 is 10.4 Å². The number of hydrogen-bond acceptors (Lipinski definition) is 2. The maximum absolute atomic E-state index is 11.5. The van der Waals surface area contributed by atoms with Gasteiger partial charge in [0.1, 0.15) is 0 Å². The van der Waals surface area contributed by atoms with Crippen LogP contribution in [0.3, 0.4) is 0 Å². The Bertz CT molecular complexity index is 170. The molecule has 2 atom stereocenters. The van der Waals surface area contributed by atoms with Crippen LogP contribution in [-0.2, 0) is 4.79 Å². The van der Waals surface area contributed by atoms with Gasteiger partial charge in [-0.2, -0.15) is 0 Å². The van der Waals surface area contributed by atoms with Gasteiger partial charge in [0.25, 0.3) is 0 Å². The first-order chi connectivity index (χ1) is 6.29. The molecule has 0 spiro atoms. The average Bonchev–Trinajstić information content (AvgIpc) is 2.18. The predicted molar refractivity (Wildman–Crippen MR) is 51.2 cm³/mol. The smallest absolute Gasteiger partial charge is 0.223 e. The molecule has 0 heterocycles. The molecule has 1 rings (SSSR count). The molecule has 76 valence electrons. The number of aliphatic hydroxyl groups excluding tert-OH is 1. The lowest BCUT2D eigenvalue weighted by atomic mass is 9.79. The van der Waals surface area contributed by atoms with Gasteiger partial charge in [0.15, 0.2) is 0 Å². The van der Waals surface area contributed by atoms with Crippen molar-refractivity contribution in [2.75, 3.05) is 13.2 Å². The lowest BCUT2D eigenvalue weighted by Gasteiger charge is -2.28. The third kappa shape index (κ3) is 2.69. The van der Waals surface area contributed by atoms with Gasteiger partial charge in [-0.25, -0.2) is 0 Å². The molecule has 13 heavy (non-hydrogen) atoms. The van der Waals surface area contributed by atoms with Gasteiger partial charge in [0, 0.05) is 19.1 Å². The summed E-state index contributed by atoms with van der Waals surface area (Å²) in [5.41, 5.74) is 0. The van der Waals surface area contributed by atoms with Crippen LogP contribution in [0.25, 0.3) is 0 Å². The largest absolute Gasteiger partial charge is 0.396 e. The minimum absolute atomic E-state index is 0.0544. The summed E-state index contributed by atoms with van der Waals surface area (Å²) in [4.78, 5) is 11.5. The molecule has 2 unspecified atom stereocenters. The normalized spacial score (nSPS) is 28.5. The van der Waals surface area contributed by atoms with Crippen molar-refractivity contribution in [3.05, 3.63) is 0 Å². The van der Waals surface area contributed by atoms with Crippen molar-refractivity contribution in [1.29, 1.82) is 0 Å². The number of carbonyl (C=O) groups excluding carboxylic acids is 1. The van der Waals surface area contributed by atoms with E-state index in [1.807, 2.05) is 6.92 Å². The molecule has 0 radical (unpaired) electrons. The molecule has 1 aliphatic rings. The molecule has 0 aliphatic heterocycles. The summed E-state index contributed by atoms with van der Waals surface area (Å²) >= 11 is 0. The quantitative estimate of drug-likeness (QED) is 0.687. The zero-order chi connectivity index (χ0) is 9.68. The first-order valence-corrected chi connectivity index (χ1v) is 5.18. The van der Waals surface area contributed by atoms with Crippen LogP contribution in [0.4, 0.5) is 0 Å². The van der Waals surface area contributed by atoms with Crippen LogP contribution in [0.1, 0.15) is 32.6 Å². The highest BCUT2D eigenvalue weighted by molar-refractivity contribution is 5.78. The van der Waals surface area contributed by atoms with E-state index in [1.54, 1.807) is 0 Å². The SMILES string of the molecule is CCNC(=O)C1CCCCC1CO. The van der Waals surface area contributed by atoms with Crippen LogP contribution < -0.4 is 5.32 Å². The van der Waals surface area contributed by atoms with Gasteiger partial charge in [0.05, 0.1) is 0 Å². The van der Waals surface area contributed by atoms with Gasteiger partial charge in [-0.15, -0.1) is 0 Å². The summed E-state index contributed by atoms with van der Waals surface area (Å²) in [5, 5.41) is 11.9. The van der Waals surface area contributed by atoms with Crippen molar-refractivity contribution in [3.8, 4) is 0 Å². The molecule has 3 heteroatoms. The van der Waals surface area contributed by atoms with Crippen molar-refractivity contribution < 1.29 is 9.90 Å². The summed E-state index contributed by atoms with van der Waals surface area (Å²) in [5.74, 6) is 0.375. The number of rotatable bonds is 3. The van der Waals surface area contributed by atoms with Crippen molar-refractivity contribution in [1.82, 2.24) is 5.32 Å². The van der Waals surface area contributed by atoms with E-state index >= 15 is 0 Å². The van der Waals surface area contributed by atoms with Crippen molar-refractivity contribution in [2.45, 2.75) is 32.6 Å². The predicted octanol–water partition coefficient (Wildman–Crippen LogP) is 0.921. The third-order valence-corrected chi connectivity index (χ3v) is 2.83. The Hall–Kier alpha value is -0.570. The maximum Gasteiger partial charge on any atom is 0.223 e. The third-order valence-electron chi connectivity index (χ3n) is 2.83. The maximum atomic E-state index is 11.5. The molecular formula is C10H19NO2. The van der Waals surface area contributed by atoms with E-state index in [-0.39, 0.29) is 24.3 Å². The van der Waals surface area contributed by atoms with Crippen LogP contribution in [0.15, 0.2) is 0 Å². The summed E-state index contributed by atoms with van der Waals surface area (Å²) in [6, 6.07) is 0. The van der Waals surface area contributed by atoms with E-state index in [0.29, 0.717) is 6.54 Å². The number of hydrogen-bond donors (Lipinski definition) is 2. The minimum Gasteiger partial charge on any atom is -0.396 e. The standard InChI is InChI=1S/C10H19NO2/c1-2-11-10(13)9-6-4-3-5-8(9)7-12/h8-9,12H,2-7H2,1H3,(H,11,13). The highest BCUT2D eigenvalue weighted by Crippen LogP contribution is 2.29. The van der Waals surface area contributed by atoms with Gasteiger partial charge in [-0.05, 0) is 25.7 Å². The molecule has 1 fully saturated rings. The Kier molecular flexibility index (Phi) is 4.22. The molecule has 2 N–H and O–H groups in total. The Morgan fingerprint density at radius 2 is 2.15 bits per heavy atom. The van der Waals surface area contributed by atoms with Gasteiger partial charge >= 0.3 is 0 Å². The average molecular weight is 185 g/mol. The number of aliphatic hydroxyl groups is 1. The van der Waals surface area contributed by atoms with E-state index in [4.69, 9.17) is 5.11 Å². The number of amides is 1. The monoisotopic (exact) mass is 185 g/mol. The molecular weight excluding hydrogens is 166 g/mol. The second kappa shape index (κ2) is 5.22. The summed E-state index contributed by atoms with van der Waals surface area (Å²) in [6.07, 6.45) is 4.22. The zero-order valence-electron chi connectivity index (χ0n) is 8.25. The number of nitrogens with one attached hydrogen (secondary N) is 1. The Morgan fingerprint density at radius 1 is 1.46 bits per heavy atom. The van der Waals surface area contributed by atoms with Gasteiger partial charge in [-0.1, -0.05) is 12.8 Å². The molecule has 1 saturated carbocycles. The first kappa shape index (κ1) is 10.5. The van der Waals surface area contributed by atoms with Crippen LogP contribution >= 0.6 is 0 Å². The van der Waals surface area contributed by atoms with Crippen LogP contribution in [0.2, 0.25) is 0 Å².